The average molecular weight is 233 g/mol. The van der Waals surface area contributed by atoms with Gasteiger partial charge in [-0.3, -0.25) is 4.79 Å². The van der Waals surface area contributed by atoms with Gasteiger partial charge < -0.3 is 16.5 Å². The number of halogens is 1. The smallest absolute Gasteiger partial charge is 0.253 e. The number of anilines is 1. The fourth-order valence-corrected chi connectivity index (χ4v) is 1.63. The van der Waals surface area contributed by atoms with Crippen molar-refractivity contribution in [3.63, 3.8) is 0 Å². The van der Waals surface area contributed by atoms with Crippen LogP contribution in [0.1, 0.15) is 5.56 Å². The van der Waals surface area contributed by atoms with Crippen molar-refractivity contribution in [2.24, 2.45) is 5.73 Å². The van der Waals surface area contributed by atoms with E-state index in [2.05, 4.69) is 4.98 Å². The van der Waals surface area contributed by atoms with Crippen molar-refractivity contribution in [2.45, 2.75) is 6.54 Å². The first-order chi connectivity index (χ1) is 8.13. The molecular formula is C12H12FN3O. The number of rotatable bonds is 2. The number of H-pyrrole nitrogens is 1. The number of benzene rings is 1. The zero-order chi connectivity index (χ0) is 12.4. The van der Waals surface area contributed by atoms with Crippen LogP contribution in [0.2, 0.25) is 0 Å². The van der Waals surface area contributed by atoms with Gasteiger partial charge >= 0.3 is 0 Å². The van der Waals surface area contributed by atoms with Crippen LogP contribution in [0, 0.1) is 5.82 Å². The number of nitrogens with two attached hydrogens (primary N) is 2. The highest BCUT2D eigenvalue weighted by Gasteiger charge is 2.10. The molecular weight excluding hydrogens is 221 g/mol. The summed E-state index contributed by atoms with van der Waals surface area (Å²) in [5.74, 6) is -0.435. The molecule has 0 aliphatic carbocycles. The van der Waals surface area contributed by atoms with Crippen molar-refractivity contribution in [1.29, 1.82) is 0 Å². The molecule has 1 aromatic heterocycles. The first kappa shape index (κ1) is 11.3. The third-order valence-corrected chi connectivity index (χ3v) is 2.51. The lowest BCUT2D eigenvalue weighted by atomic mass is 10.1. The van der Waals surface area contributed by atoms with Crippen LogP contribution >= 0.6 is 0 Å². The first-order valence-corrected chi connectivity index (χ1v) is 5.10. The maximum absolute atomic E-state index is 13.6. The number of aromatic amines is 1. The molecule has 88 valence electrons. The Kier molecular flexibility index (Phi) is 2.93. The topological polar surface area (TPSA) is 84.9 Å². The minimum atomic E-state index is -0.435. The maximum atomic E-state index is 13.6. The van der Waals surface area contributed by atoms with E-state index in [4.69, 9.17) is 11.5 Å². The first-order valence-electron chi connectivity index (χ1n) is 5.10. The molecule has 0 fully saturated rings. The molecule has 0 saturated heterocycles. The van der Waals surface area contributed by atoms with Crippen LogP contribution < -0.4 is 17.0 Å². The van der Waals surface area contributed by atoms with Gasteiger partial charge in [0.05, 0.1) is 11.4 Å². The summed E-state index contributed by atoms with van der Waals surface area (Å²) in [4.78, 5) is 14.1. The maximum Gasteiger partial charge on any atom is 0.253 e. The highest BCUT2D eigenvalue weighted by molar-refractivity contribution is 5.73. The Balaban J connectivity index is 2.65. The van der Waals surface area contributed by atoms with Gasteiger partial charge in [0.1, 0.15) is 5.82 Å². The molecule has 5 N–H and O–H groups in total. The van der Waals surface area contributed by atoms with Crippen molar-refractivity contribution < 1.29 is 4.39 Å². The fraction of sp³-hybridized carbons (Fsp3) is 0.0833. The molecule has 0 unspecified atom stereocenters. The minimum absolute atomic E-state index is 0.0943. The summed E-state index contributed by atoms with van der Waals surface area (Å²) in [7, 11) is 0. The van der Waals surface area contributed by atoms with E-state index in [9.17, 15) is 9.18 Å². The van der Waals surface area contributed by atoms with Crippen LogP contribution in [0.3, 0.4) is 0 Å². The van der Waals surface area contributed by atoms with E-state index >= 15 is 0 Å². The standard InChI is InChI=1S/C12H12FN3O/c13-9-4-2-1-3-8(9)11-10(15)5-7(6-14)12(17)16-11/h1-5H,6,14-15H2,(H,16,17). The summed E-state index contributed by atoms with van der Waals surface area (Å²) in [5.41, 5.74) is 12.0. The number of nitrogens with one attached hydrogen (secondary N) is 1. The van der Waals surface area contributed by atoms with Crippen molar-refractivity contribution in [1.82, 2.24) is 4.98 Å². The lowest BCUT2D eigenvalue weighted by molar-refractivity contribution is 0.630. The molecule has 17 heavy (non-hydrogen) atoms. The highest BCUT2D eigenvalue weighted by atomic mass is 19.1. The molecule has 4 nitrogen and oxygen atoms in total. The van der Waals surface area contributed by atoms with Crippen LogP contribution in [0.5, 0.6) is 0 Å². The predicted molar refractivity (Wildman–Crippen MR) is 64.8 cm³/mol. The van der Waals surface area contributed by atoms with Crippen LogP contribution in [0.4, 0.5) is 10.1 Å². The Morgan fingerprint density at radius 2 is 2.00 bits per heavy atom. The summed E-state index contributed by atoms with van der Waals surface area (Å²) in [6, 6.07) is 7.58. The Morgan fingerprint density at radius 1 is 1.29 bits per heavy atom. The Hall–Kier alpha value is -2.14. The Labute approximate surface area is 97.1 Å². The molecule has 0 aliphatic rings. The van der Waals surface area contributed by atoms with Crippen molar-refractivity contribution in [3.8, 4) is 11.3 Å². The van der Waals surface area contributed by atoms with Gasteiger partial charge in [0.25, 0.3) is 5.56 Å². The van der Waals surface area contributed by atoms with Crippen LogP contribution in [-0.2, 0) is 6.54 Å². The molecule has 5 heteroatoms. The zero-order valence-corrected chi connectivity index (χ0v) is 9.03. The molecule has 1 heterocycles. The third kappa shape index (κ3) is 2.05. The molecule has 1 aromatic carbocycles. The number of hydrogen-bond donors (Lipinski definition) is 3. The number of hydrogen-bond acceptors (Lipinski definition) is 3. The van der Waals surface area contributed by atoms with E-state index in [1.807, 2.05) is 0 Å². The number of pyridine rings is 1. The lowest BCUT2D eigenvalue weighted by Crippen LogP contribution is -2.17. The molecule has 2 aromatic rings. The Morgan fingerprint density at radius 3 is 2.65 bits per heavy atom. The van der Waals surface area contributed by atoms with Crippen LogP contribution in [0.25, 0.3) is 11.3 Å². The van der Waals surface area contributed by atoms with Crippen LogP contribution in [0.15, 0.2) is 35.1 Å². The van der Waals surface area contributed by atoms with Gasteiger partial charge in [-0.2, -0.15) is 0 Å². The summed E-state index contributed by atoms with van der Waals surface area (Å²) in [6.45, 7) is 0.0943. The van der Waals surface area contributed by atoms with Crippen LogP contribution in [-0.4, -0.2) is 4.98 Å². The predicted octanol–water partition coefficient (Wildman–Crippen LogP) is 1.22. The second kappa shape index (κ2) is 4.39. The zero-order valence-electron chi connectivity index (χ0n) is 9.03. The summed E-state index contributed by atoms with van der Waals surface area (Å²) in [6.07, 6.45) is 0. The normalized spacial score (nSPS) is 10.5. The van der Waals surface area contributed by atoms with Gasteiger partial charge in [-0.05, 0) is 18.2 Å². The van der Waals surface area contributed by atoms with Crippen molar-refractivity contribution >= 4 is 5.69 Å². The molecule has 0 bridgehead atoms. The molecule has 0 radical (unpaired) electrons. The van der Waals surface area contributed by atoms with Gasteiger partial charge in [0.15, 0.2) is 0 Å². The molecule has 0 saturated carbocycles. The molecule has 0 aliphatic heterocycles. The molecule has 0 amide bonds. The molecule has 0 atom stereocenters. The van der Waals surface area contributed by atoms with Gasteiger partial charge in [-0.15, -0.1) is 0 Å². The Bertz CT molecular complexity index is 607. The second-order valence-corrected chi connectivity index (χ2v) is 3.64. The van der Waals surface area contributed by atoms with Gasteiger partial charge in [0.2, 0.25) is 0 Å². The second-order valence-electron chi connectivity index (χ2n) is 3.64. The minimum Gasteiger partial charge on any atom is -0.397 e. The number of aromatic nitrogens is 1. The van der Waals surface area contributed by atoms with Crippen molar-refractivity contribution in [2.75, 3.05) is 5.73 Å². The summed E-state index contributed by atoms with van der Waals surface area (Å²) >= 11 is 0. The van der Waals surface area contributed by atoms with E-state index < -0.39 is 5.82 Å². The SMILES string of the molecule is NCc1cc(N)c(-c2ccccc2F)[nH]c1=O. The van der Waals surface area contributed by atoms with E-state index in [0.29, 0.717) is 11.3 Å². The van der Waals surface area contributed by atoms with E-state index in [-0.39, 0.29) is 23.4 Å². The number of nitrogen functional groups attached to an aromatic ring is 1. The van der Waals surface area contributed by atoms with E-state index in [1.54, 1.807) is 18.2 Å². The lowest BCUT2D eigenvalue weighted by Gasteiger charge is -2.08. The average Bonchev–Trinajstić information content (AvgIpc) is 2.32. The highest BCUT2D eigenvalue weighted by Crippen LogP contribution is 2.24. The van der Waals surface area contributed by atoms with E-state index in [1.165, 1.54) is 12.1 Å². The summed E-state index contributed by atoms with van der Waals surface area (Å²) < 4.78 is 13.6. The monoisotopic (exact) mass is 233 g/mol. The van der Waals surface area contributed by atoms with Gasteiger partial charge in [-0.1, -0.05) is 12.1 Å². The molecule has 0 spiro atoms. The summed E-state index contributed by atoms with van der Waals surface area (Å²) in [5, 5.41) is 0. The third-order valence-electron chi connectivity index (χ3n) is 2.51. The van der Waals surface area contributed by atoms with Crippen molar-refractivity contribution in [3.05, 3.63) is 52.1 Å². The largest absolute Gasteiger partial charge is 0.397 e. The fourth-order valence-electron chi connectivity index (χ4n) is 1.63. The van der Waals surface area contributed by atoms with E-state index in [0.717, 1.165) is 0 Å². The van der Waals surface area contributed by atoms with Gasteiger partial charge in [0, 0.05) is 17.7 Å². The van der Waals surface area contributed by atoms with Gasteiger partial charge in [-0.25, -0.2) is 4.39 Å². The molecule has 2 rings (SSSR count). The quantitative estimate of drug-likeness (QED) is 0.729.